The molecular formula is C23H19Cl2NO3. The summed E-state index contributed by atoms with van der Waals surface area (Å²) in [6.45, 7) is 1.98. The van der Waals surface area contributed by atoms with E-state index >= 15 is 0 Å². The second kappa shape index (κ2) is 9.26. The van der Waals surface area contributed by atoms with Gasteiger partial charge in [0.2, 0.25) is 0 Å². The fourth-order valence-corrected chi connectivity index (χ4v) is 3.89. The molecule has 6 heteroatoms. The van der Waals surface area contributed by atoms with Crippen molar-refractivity contribution in [3.05, 3.63) is 74.3 Å². The number of carbonyl (C=O) groups excluding carboxylic acids is 2. The van der Waals surface area contributed by atoms with Crippen LogP contribution in [0, 0.1) is 11.3 Å². The van der Waals surface area contributed by atoms with Gasteiger partial charge in [0, 0.05) is 22.0 Å². The lowest BCUT2D eigenvalue weighted by molar-refractivity contribution is -0.137. The third-order valence-corrected chi connectivity index (χ3v) is 5.40. The normalized spacial score (nSPS) is 15.6. The Morgan fingerprint density at radius 3 is 2.21 bits per heavy atom. The van der Waals surface area contributed by atoms with Crippen LogP contribution in [0.4, 0.5) is 0 Å². The lowest BCUT2D eigenvalue weighted by Gasteiger charge is -2.05. The van der Waals surface area contributed by atoms with Crippen molar-refractivity contribution < 1.29 is 14.3 Å². The Kier molecular flexibility index (Phi) is 6.74. The number of benzene rings is 2. The number of nitrogens with zero attached hydrogens (tertiary/aromatic N) is 1. The average Bonchev–Trinajstić information content (AvgIpc) is 3.27. The van der Waals surface area contributed by atoms with Crippen LogP contribution < -0.4 is 0 Å². The van der Waals surface area contributed by atoms with Gasteiger partial charge in [-0.15, -0.1) is 0 Å². The van der Waals surface area contributed by atoms with Crippen molar-refractivity contribution >= 4 is 40.5 Å². The van der Waals surface area contributed by atoms with Gasteiger partial charge in [-0.2, -0.15) is 5.26 Å². The van der Waals surface area contributed by atoms with E-state index in [2.05, 4.69) is 0 Å². The Morgan fingerprint density at radius 2 is 1.59 bits per heavy atom. The van der Waals surface area contributed by atoms with Gasteiger partial charge in [0.25, 0.3) is 0 Å². The standard InChI is InChI=1S/C14H12ClNO2.C9H7ClO/c1-2-18-14(17)13(8-16)11-6-4-9-3-5-10(15)7-12(9)11;10-7-3-1-6-2-4-9(11)8(6)5-7/h3,5,7H,2,4,6H2,1H3;1,3,5H,2,4H2. The number of carbonyl (C=O) groups is 2. The minimum atomic E-state index is -0.553. The van der Waals surface area contributed by atoms with Gasteiger partial charge >= 0.3 is 5.97 Å². The molecule has 0 unspecified atom stereocenters. The zero-order chi connectivity index (χ0) is 21.0. The minimum Gasteiger partial charge on any atom is -0.462 e. The van der Waals surface area contributed by atoms with Gasteiger partial charge in [-0.1, -0.05) is 35.3 Å². The lowest BCUT2D eigenvalue weighted by atomic mass is 10.0. The second-order valence-corrected chi connectivity index (χ2v) is 7.58. The van der Waals surface area contributed by atoms with Crippen LogP contribution >= 0.6 is 23.2 Å². The summed E-state index contributed by atoms with van der Waals surface area (Å²) < 4.78 is 4.90. The number of aryl methyl sites for hydroxylation is 2. The maximum Gasteiger partial charge on any atom is 0.349 e. The van der Waals surface area contributed by atoms with Crippen LogP contribution in [0.5, 0.6) is 0 Å². The number of allylic oxidation sites excluding steroid dienone is 1. The molecule has 0 amide bonds. The largest absolute Gasteiger partial charge is 0.462 e. The summed E-state index contributed by atoms with van der Waals surface area (Å²) in [4.78, 5) is 22.9. The number of fused-ring (bicyclic) bond motifs is 2. The second-order valence-electron chi connectivity index (χ2n) is 6.71. The maximum absolute atomic E-state index is 11.7. The molecule has 0 fully saturated rings. The molecule has 0 saturated carbocycles. The van der Waals surface area contributed by atoms with Gasteiger partial charge in [0.15, 0.2) is 5.78 Å². The summed E-state index contributed by atoms with van der Waals surface area (Å²) in [5, 5.41) is 10.4. The van der Waals surface area contributed by atoms with E-state index in [1.54, 1.807) is 19.1 Å². The fraction of sp³-hybridized carbons (Fsp3) is 0.261. The van der Waals surface area contributed by atoms with Gasteiger partial charge in [0.1, 0.15) is 11.6 Å². The van der Waals surface area contributed by atoms with Crippen LogP contribution in [-0.2, 0) is 22.4 Å². The van der Waals surface area contributed by atoms with E-state index in [4.69, 9.17) is 33.2 Å². The van der Waals surface area contributed by atoms with Gasteiger partial charge in [-0.25, -0.2) is 4.79 Å². The van der Waals surface area contributed by atoms with Gasteiger partial charge in [-0.05, 0) is 72.7 Å². The predicted octanol–water partition coefficient (Wildman–Crippen LogP) is 5.60. The Morgan fingerprint density at radius 1 is 1.00 bits per heavy atom. The van der Waals surface area contributed by atoms with Crippen molar-refractivity contribution in [1.29, 1.82) is 5.26 Å². The Balaban J connectivity index is 0.000000186. The summed E-state index contributed by atoms with van der Waals surface area (Å²) in [5.41, 5.74) is 4.81. The molecule has 2 aromatic rings. The number of hydrogen-bond donors (Lipinski definition) is 0. The van der Waals surface area contributed by atoms with E-state index in [0.717, 1.165) is 40.7 Å². The van der Waals surface area contributed by atoms with Crippen LogP contribution in [-0.4, -0.2) is 18.4 Å². The summed E-state index contributed by atoms with van der Waals surface area (Å²) in [6.07, 6.45) is 3.03. The highest BCUT2D eigenvalue weighted by atomic mass is 35.5. The zero-order valence-corrected chi connectivity index (χ0v) is 17.4. The van der Waals surface area contributed by atoms with Crippen molar-refractivity contribution in [1.82, 2.24) is 0 Å². The van der Waals surface area contributed by atoms with E-state index < -0.39 is 5.97 Å². The number of ether oxygens (including phenoxy) is 1. The molecule has 4 rings (SSSR count). The number of ketones is 1. The molecule has 2 aliphatic carbocycles. The lowest BCUT2D eigenvalue weighted by Crippen LogP contribution is -2.08. The molecule has 0 atom stereocenters. The quantitative estimate of drug-likeness (QED) is 0.355. The molecule has 0 N–H and O–H groups in total. The van der Waals surface area contributed by atoms with Gasteiger partial charge < -0.3 is 4.74 Å². The molecule has 2 aromatic carbocycles. The van der Waals surface area contributed by atoms with Crippen molar-refractivity contribution in [2.45, 2.75) is 32.6 Å². The first-order valence-corrected chi connectivity index (χ1v) is 10.1. The van der Waals surface area contributed by atoms with E-state index in [1.165, 1.54) is 0 Å². The monoisotopic (exact) mass is 427 g/mol. The zero-order valence-electron chi connectivity index (χ0n) is 15.9. The number of esters is 1. The summed E-state index contributed by atoms with van der Waals surface area (Å²) in [5.74, 6) is -0.328. The third kappa shape index (κ3) is 4.70. The van der Waals surface area contributed by atoms with E-state index in [9.17, 15) is 9.59 Å². The third-order valence-electron chi connectivity index (χ3n) is 4.93. The first-order valence-electron chi connectivity index (χ1n) is 9.35. The molecule has 0 heterocycles. The fourth-order valence-electron chi connectivity index (χ4n) is 3.55. The number of nitriles is 1. The molecule has 0 saturated heterocycles. The molecule has 0 bridgehead atoms. The van der Waals surface area contributed by atoms with Crippen LogP contribution in [0.25, 0.3) is 5.57 Å². The Labute approximate surface area is 179 Å². The first kappa shape index (κ1) is 21.1. The molecule has 0 radical (unpaired) electrons. The van der Waals surface area contributed by atoms with Crippen LogP contribution in [0.2, 0.25) is 10.0 Å². The molecule has 4 nitrogen and oxygen atoms in total. The van der Waals surface area contributed by atoms with Crippen molar-refractivity contribution in [3.8, 4) is 6.07 Å². The predicted molar refractivity (Wildman–Crippen MR) is 113 cm³/mol. The van der Waals surface area contributed by atoms with Gasteiger partial charge in [-0.3, -0.25) is 4.79 Å². The number of hydrogen-bond acceptors (Lipinski definition) is 4. The SMILES string of the molecule is CCOC(=O)C(C#N)=C1CCc2ccc(Cl)cc21.O=C1CCc2ccc(Cl)cc21. The summed E-state index contributed by atoms with van der Waals surface area (Å²) >= 11 is 11.7. The van der Waals surface area contributed by atoms with E-state index in [0.29, 0.717) is 22.9 Å². The molecule has 0 aliphatic heterocycles. The highest BCUT2D eigenvalue weighted by molar-refractivity contribution is 6.31. The summed E-state index contributed by atoms with van der Waals surface area (Å²) in [7, 11) is 0. The highest BCUT2D eigenvalue weighted by Gasteiger charge is 2.24. The highest BCUT2D eigenvalue weighted by Crippen LogP contribution is 2.36. The minimum absolute atomic E-state index is 0.0952. The van der Waals surface area contributed by atoms with Crippen molar-refractivity contribution in [2.75, 3.05) is 6.61 Å². The average molecular weight is 428 g/mol. The van der Waals surface area contributed by atoms with E-state index in [-0.39, 0.29) is 18.0 Å². The van der Waals surface area contributed by atoms with Crippen molar-refractivity contribution in [3.63, 3.8) is 0 Å². The Bertz CT molecular complexity index is 1050. The van der Waals surface area contributed by atoms with Gasteiger partial charge in [0.05, 0.1) is 6.61 Å². The van der Waals surface area contributed by atoms with Crippen LogP contribution in [0.1, 0.15) is 46.8 Å². The first-order chi connectivity index (χ1) is 13.9. The number of rotatable bonds is 2. The van der Waals surface area contributed by atoms with Crippen LogP contribution in [0.15, 0.2) is 42.0 Å². The molecule has 0 spiro atoms. The van der Waals surface area contributed by atoms with Crippen LogP contribution in [0.3, 0.4) is 0 Å². The molecule has 29 heavy (non-hydrogen) atoms. The number of halogens is 2. The summed E-state index contributed by atoms with van der Waals surface area (Å²) in [6, 6.07) is 13.0. The smallest absolute Gasteiger partial charge is 0.349 e. The Hall–Kier alpha value is -2.61. The molecular weight excluding hydrogens is 409 g/mol. The topological polar surface area (TPSA) is 67.2 Å². The maximum atomic E-state index is 11.7. The van der Waals surface area contributed by atoms with Crippen molar-refractivity contribution in [2.24, 2.45) is 0 Å². The van der Waals surface area contributed by atoms with E-state index in [1.807, 2.05) is 30.3 Å². The molecule has 0 aromatic heterocycles. The molecule has 2 aliphatic rings. The molecule has 148 valence electrons. The number of Topliss-reactive ketones (excluding diaryl/α,β-unsaturated/α-hetero) is 1.